The average molecular weight is 428 g/mol. The van der Waals surface area contributed by atoms with Gasteiger partial charge >= 0.3 is 0 Å². The van der Waals surface area contributed by atoms with Crippen LogP contribution in [0.25, 0.3) is 27.9 Å². The summed E-state index contributed by atoms with van der Waals surface area (Å²) in [6.07, 6.45) is 5.90. The first-order valence-corrected chi connectivity index (χ1v) is 10.7. The molecule has 1 saturated carbocycles. The maximum atomic E-state index is 13.0. The first kappa shape index (κ1) is 19.8. The summed E-state index contributed by atoms with van der Waals surface area (Å²) in [5, 5.41) is 8.06. The Balaban J connectivity index is 0.00000245. The van der Waals surface area contributed by atoms with Crippen molar-refractivity contribution in [1.29, 1.82) is 0 Å². The van der Waals surface area contributed by atoms with Gasteiger partial charge in [0.15, 0.2) is 5.65 Å². The van der Waals surface area contributed by atoms with Gasteiger partial charge < -0.3 is 9.88 Å². The molecule has 0 radical (unpaired) electrons. The van der Waals surface area contributed by atoms with Crippen molar-refractivity contribution in [3.05, 3.63) is 36.4 Å². The zero-order chi connectivity index (χ0) is 21.5. The van der Waals surface area contributed by atoms with Crippen molar-refractivity contribution < 1.29 is 10.2 Å². The van der Waals surface area contributed by atoms with Gasteiger partial charge in [0.05, 0.1) is 24.0 Å². The monoisotopic (exact) mass is 427 g/mol. The quantitative estimate of drug-likeness (QED) is 0.488. The van der Waals surface area contributed by atoms with E-state index in [9.17, 15) is 8.78 Å². The van der Waals surface area contributed by atoms with Crippen LogP contribution in [0.15, 0.2) is 30.6 Å². The smallest absolute Gasteiger partial charge is 0.256 e. The lowest BCUT2D eigenvalue weighted by molar-refractivity contribution is 0.127. The molecule has 0 spiro atoms. The van der Waals surface area contributed by atoms with Crippen molar-refractivity contribution in [1.82, 2.24) is 29.1 Å². The number of alkyl halides is 2. The highest BCUT2D eigenvalue weighted by Gasteiger charge is 2.19. The van der Waals surface area contributed by atoms with E-state index in [1.165, 1.54) is 17.4 Å². The number of nitrogens with zero attached hydrogens (tertiary/aromatic N) is 6. The number of hydrogen-bond donors (Lipinski definition) is 1. The Morgan fingerprint density at radius 1 is 1.16 bits per heavy atom. The van der Waals surface area contributed by atoms with E-state index in [0.717, 1.165) is 29.8 Å². The van der Waals surface area contributed by atoms with Crippen LogP contribution in [-0.2, 0) is 6.54 Å². The number of pyridine rings is 1. The molecule has 0 bridgehead atoms. The second-order valence-electron chi connectivity index (χ2n) is 8.44. The number of rotatable bonds is 5. The van der Waals surface area contributed by atoms with E-state index < -0.39 is 13.0 Å². The predicted molar refractivity (Wildman–Crippen MR) is 117 cm³/mol. The molecule has 31 heavy (non-hydrogen) atoms. The number of nitrogens with one attached hydrogen (secondary N) is 1. The van der Waals surface area contributed by atoms with Crippen LogP contribution in [0.2, 0.25) is 0 Å². The van der Waals surface area contributed by atoms with Gasteiger partial charge in [-0.1, -0.05) is 6.92 Å². The normalized spacial score (nSPS) is 19.5. The number of fused-ring (bicyclic) bond motifs is 2. The minimum atomic E-state index is -2.47. The van der Waals surface area contributed by atoms with E-state index in [2.05, 4.69) is 32.3 Å². The van der Waals surface area contributed by atoms with E-state index in [-0.39, 0.29) is 1.43 Å². The Bertz CT molecular complexity index is 1230. The summed E-state index contributed by atoms with van der Waals surface area (Å²) in [6.45, 7) is 3.59. The zero-order valence-corrected chi connectivity index (χ0v) is 17.6. The third kappa shape index (κ3) is 3.84. The van der Waals surface area contributed by atoms with Gasteiger partial charge in [0.25, 0.3) is 6.43 Å². The lowest BCUT2D eigenvalue weighted by Gasteiger charge is -2.26. The molecule has 4 heterocycles. The lowest BCUT2D eigenvalue weighted by atomic mass is 9.87. The largest absolute Gasteiger partial charge is 0.350 e. The first-order valence-electron chi connectivity index (χ1n) is 10.7. The zero-order valence-electron chi connectivity index (χ0n) is 17.6. The summed E-state index contributed by atoms with van der Waals surface area (Å²) in [7, 11) is 0. The van der Waals surface area contributed by atoms with Crippen molar-refractivity contribution in [2.75, 3.05) is 5.32 Å². The van der Waals surface area contributed by atoms with Gasteiger partial charge in [-0.25, -0.2) is 28.2 Å². The molecule has 0 aliphatic heterocycles. The van der Waals surface area contributed by atoms with E-state index >= 15 is 0 Å². The van der Waals surface area contributed by atoms with E-state index in [4.69, 9.17) is 0 Å². The highest BCUT2D eigenvalue weighted by molar-refractivity contribution is 5.82. The maximum absolute atomic E-state index is 13.0. The summed E-state index contributed by atoms with van der Waals surface area (Å²) in [5.41, 5.74) is 3.40. The third-order valence-electron chi connectivity index (χ3n) is 6.15. The van der Waals surface area contributed by atoms with Gasteiger partial charge in [0, 0.05) is 19.2 Å². The summed E-state index contributed by atoms with van der Waals surface area (Å²) < 4.78 is 29.3. The van der Waals surface area contributed by atoms with Crippen LogP contribution in [0.5, 0.6) is 0 Å². The summed E-state index contributed by atoms with van der Waals surface area (Å²) in [6, 6.07) is 6.00. The van der Waals surface area contributed by atoms with E-state index in [0.29, 0.717) is 34.7 Å². The Morgan fingerprint density at radius 3 is 2.74 bits per heavy atom. The summed E-state index contributed by atoms with van der Waals surface area (Å²) in [5.74, 6) is 1.93. The first-order chi connectivity index (χ1) is 15.0. The van der Waals surface area contributed by atoms with Gasteiger partial charge in [0.1, 0.15) is 11.3 Å². The number of imidazole rings is 1. The third-order valence-corrected chi connectivity index (χ3v) is 6.15. The van der Waals surface area contributed by atoms with Crippen LogP contribution in [0.1, 0.15) is 39.9 Å². The number of hydrogen-bond acceptors (Lipinski definition) is 5. The molecule has 1 N–H and O–H groups in total. The topological polar surface area (TPSA) is 72.9 Å². The van der Waals surface area contributed by atoms with Crippen LogP contribution in [0.3, 0.4) is 0 Å². The SMILES string of the molecule is Cc1nc2ccc(-c3ccn4nc(NC5CCC(C)CC5)ncc34)nc2n1CC(F)F.[HH]. The molecule has 1 fully saturated rings. The molecule has 164 valence electrons. The summed E-state index contributed by atoms with van der Waals surface area (Å²) in [4.78, 5) is 13.5. The Kier molecular flexibility index (Phi) is 5.03. The van der Waals surface area contributed by atoms with Gasteiger partial charge in [-0.05, 0) is 56.7 Å². The number of anilines is 1. The molecular weight excluding hydrogens is 400 g/mol. The molecule has 0 unspecified atom stereocenters. The molecule has 1 aliphatic rings. The molecule has 4 aromatic heterocycles. The Labute approximate surface area is 180 Å². The highest BCUT2D eigenvalue weighted by Crippen LogP contribution is 2.28. The van der Waals surface area contributed by atoms with Gasteiger partial charge in [0.2, 0.25) is 5.95 Å². The molecule has 0 saturated heterocycles. The van der Waals surface area contributed by atoms with Crippen molar-refractivity contribution in [3.63, 3.8) is 0 Å². The molecule has 5 rings (SSSR count). The highest BCUT2D eigenvalue weighted by atomic mass is 19.3. The standard InChI is InChI=1S/C22H25F2N7.H2/c1-13-3-5-15(6-4-13)27-22-25-11-19-16(9-10-31(19)29-22)17-7-8-18-21(28-17)30(12-20(23)24)14(2)26-18;/h7-11,13,15,20H,3-6,12H2,1-2H3,(H,27,29);1H. The van der Waals surface area contributed by atoms with Crippen LogP contribution >= 0.6 is 0 Å². The maximum Gasteiger partial charge on any atom is 0.256 e. The molecule has 0 atom stereocenters. The number of halogens is 2. The fourth-order valence-electron chi connectivity index (χ4n) is 4.39. The second-order valence-corrected chi connectivity index (χ2v) is 8.44. The van der Waals surface area contributed by atoms with Crippen molar-refractivity contribution in [3.8, 4) is 11.3 Å². The molecule has 7 nitrogen and oxygen atoms in total. The number of aryl methyl sites for hydroxylation is 1. The average Bonchev–Trinajstić information content (AvgIpc) is 3.30. The van der Waals surface area contributed by atoms with Crippen LogP contribution < -0.4 is 5.32 Å². The van der Waals surface area contributed by atoms with E-state index in [1.807, 2.05) is 24.4 Å². The molecule has 4 aromatic rings. The van der Waals surface area contributed by atoms with Gasteiger partial charge in [-0.2, -0.15) is 0 Å². The Morgan fingerprint density at radius 2 is 1.97 bits per heavy atom. The van der Waals surface area contributed by atoms with E-state index in [1.54, 1.807) is 17.6 Å². The van der Waals surface area contributed by atoms with Crippen LogP contribution in [0.4, 0.5) is 14.7 Å². The molecule has 0 amide bonds. The minimum Gasteiger partial charge on any atom is -0.350 e. The van der Waals surface area contributed by atoms with Crippen LogP contribution in [0, 0.1) is 12.8 Å². The van der Waals surface area contributed by atoms with Crippen molar-refractivity contribution in [2.45, 2.75) is 58.5 Å². The number of aromatic nitrogens is 6. The Hall–Kier alpha value is -3.10. The lowest BCUT2D eigenvalue weighted by Crippen LogP contribution is -2.26. The minimum absolute atomic E-state index is 0. The molecule has 9 heteroatoms. The fraction of sp³-hybridized carbons (Fsp3) is 0.455. The van der Waals surface area contributed by atoms with Gasteiger partial charge in [-0.15, -0.1) is 5.10 Å². The predicted octanol–water partition coefficient (Wildman–Crippen LogP) is 4.95. The molecule has 0 aromatic carbocycles. The van der Waals surface area contributed by atoms with Crippen molar-refractivity contribution in [2.24, 2.45) is 5.92 Å². The second kappa shape index (κ2) is 7.86. The van der Waals surface area contributed by atoms with Gasteiger partial charge in [-0.3, -0.25) is 0 Å². The summed E-state index contributed by atoms with van der Waals surface area (Å²) >= 11 is 0. The molecule has 1 aliphatic carbocycles. The fourth-order valence-corrected chi connectivity index (χ4v) is 4.39. The van der Waals surface area contributed by atoms with Crippen molar-refractivity contribution >= 4 is 22.6 Å². The molecular formula is C22H27F2N7. The van der Waals surface area contributed by atoms with Crippen LogP contribution in [-0.4, -0.2) is 41.6 Å².